The van der Waals surface area contributed by atoms with Gasteiger partial charge in [0.2, 0.25) is 0 Å². The van der Waals surface area contributed by atoms with Gasteiger partial charge in [-0.2, -0.15) is 0 Å². The lowest BCUT2D eigenvalue weighted by atomic mass is 10.1. The van der Waals surface area contributed by atoms with Crippen LogP contribution in [0.3, 0.4) is 0 Å². The Morgan fingerprint density at radius 3 is 2.75 bits per heavy atom. The first kappa shape index (κ1) is 11.0. The zero-order chi connectivity index (χ0) is 11.5. The number of aromatic carboxylic acids is 1. The topological polar surface area (TPSA) is 53.1 Å². The molecular formula is C12H10BrNO2. The fourth-order valence-corrected chi connectivity index (χ4v) is 1.98. The maximum absolute atomic E-state index is 10.7. The van der Waals surface area contributed by atoms with E-state index in [9.17, 15) is 4.79 Å². The molecule has 2 N–H and O–H groups in total. The smallest absolute Gasteiger partial charge is 0.352 e. The molecule has 0 unspecified atom stereocenters. The molecule has 0 saturated heterocycles. The number of aromatic nitrogens is 1. The van der Waals surface area contributed by atoms with Crippen LogP contribution in [0.1, 0.15) is 21.7 Å². The quantitative estimate of drug-likeness (QED) is 0.907. The summed E-state index contributed by atoms with van der Waals surface area (Å²) in [5.41, 5.74) is 2.26. The molecule has 4 heteroatoms. The van der Waals surface area contributed by atoms with E-state index in [0.29, 0.717) is 6.42 Å². The van der Waals surface area contributed by atoms with E-state index >= 15 is 0 Å². The van der Waals surface area contributed by atoms with Crippen molar-refractivity contribution in [3.8, 4) is 0 Å². The van der Waals surface area contributed by atoms with Gasteiger partial charge in [0.15, 0.2) is 0 Å². The highest BCUT2D eigenvalue weighted by Gasteiger charge is 2.05. The molecule has 0 aliphatic heterocycles. The Hall–Kier alpha value is -1.55. The molecule has 1 aromatic carbocycles. The van der Waals surface area contributed by atoms with E-state index < -0.39 is 5.97 Å². The molecule has 0 radical (unpaired) electrons. The molecule has 0 atom stereocenters. The van der Waals surface area contributed by atoms with Crippen LogP contribution in [0.15, 0.2) is 40.9 Å². The minimum atomic E-state index is -0.930. The van der Waals surface area contributed by atoms with Gasteiger partial charge < -0.3 is 10.1 Å². The fraction of sp³-hybridized carbons (Fsp3) is 0.0833. The van der Waals surface area contributed by atoms with Crippen molar-refractivity contribution < 1.29 is 9.90 Å². The largest absolute Gasteiger partial charge is 0.477 e. The molecule has 1 heterocycles. The van der Waals surface area contributed by atoms with Gasteiger partial charge in [-0.15, -0.1) is 0 Å². The Labute approximate surface area is 101 Å². The minimum Gasteiger partial charge on any atom is -0.477 e. The van der Waals surface area contributed by atoms with Crippen LogP contribution in [0.25, 0.3) is 0 Å². The summed E-state index contributed by atoms with van der Waals surface area (Å²) in [4.78, 5) is 13.5. The van der Waals surface area contributed by atoms with Gasteiger partial charge >= 0.3 is 5.97 Å². The average Bonchev–Trinajstić information content (AvgIpc) is 2.66. The standard InChI is InChI=1S/C12H10BrNO2/c13-9-3-1-2-8(6-9)7-10-4-5-11(14-10)12(15)16/h1-6,14H,7H2,(H,15,16). The maximum Gasteiger partial charge on any atom is 0.352 e. The lowest BCUT2D eigenvalue weighted by Gasteiger charge is -1.99. The van der Waals surface area contributed by atoms with Gasteiger partial charge in [-0.3, -0.25) is 0 Å². The van der Waals surface area contributed by atoms with Crippen LogP contribution >= 0.6 is 15.9 Å². The Kier molecular flexibility index (Phi) is 3.10. The summed E-state index contributed by atoms with van der Waals surface area (Å²) in [5, 5.41) is 8.77. The third-order valence-corrected chi connectivity index (χ3v) is 2.75. The maximum atomic E-state index is 10.7. The summed E-state index contributed by atoms with van der Waals surface area (Å²) in [6.07, 6.45) is 0.701. The number of hydrogen-bond donors (Lipinski definition) is 2. The number of benzene rings is 1. The highest BCUT2D eigenvalue weighted by Crippen LogP contribution is 2.15. The molecular weight excluding hydrogens is 270 g/mol. The van der Waals surface area contributed by atoms with Gasteiger partial charge in [0.1, 0.15) is 5.69 Å². The van der Waals surface area contributed by atoms with Crippen molar-refractivity contribution in [3.63, 3.8) is 0 Å². The predicted octanol–water partition coefficient (Wildman–Crippen LogP) is 3.07. The van der Waals surface area contributed by atoms with E-state index in [1.807, 2.05) is 24.3 Å². The number of H-pyrrole nitrogens is 1. The van der Waals surface area contributed by atoms with Gasteiger partial charge in [0.05, 0.1) is 0 Å². The van der Waals surface area contributed by atoms with Crippen LogP contribution in [0.4, 0.5) is 0 Å². The Morgan fingerprint density at radius 1 is 1.31 bits per heavy atom. The lowest BCUT2D eigenvalue weighted by molar-refractivity contribution is 0.0691. The normalized spacial score (nSPS) is 10.3. The fourth-order valence-electron chi connectivity index (χ4n) is 1.53. The van der Waals surface area contributed by atoms with Gasteiger partial charge in [-0.1, -0.05) is 28.1 Å². The van der Waals surface area contributed by atoms with Crippen LogP contribution in [0.5, 0.6) is 0 Å². The van der Waals surface area contributed by atoms with Crippen molar-refractivity contribution >= 4 is 21.9 Å². The van der Waals surface area contributed by atoms with Crippen LogP contribution in [0, 0.1) is 0 Å². The molecule has 0 aliphatic carbocycles. The molecule has 0 aliphatic rings. The molecule has 3 nitrogen and oxygen atoms in total. The van der Waals surface area contributed by atoms with Crippen molar-refractivity contribution in [2.24, 2.45) is 0 Å². The minimum absolute atomic E-state index is 0.227. The first-order chi connectivity index (χ1) is 7.65. The van der Waals surface area contributed by atoms with Crippen molar-refractivity contribution in [1.29, 1.82) is 0 Å². The number of rotatable bonds is 3. The Balaban J connectivity index is 2.17. The van der Waals surface area contributed by atoms with Crippen molar-refractivity contribution in [2.45, 2.75) is 6.42 Å². The summed E-state index contributed by atoms with van der Waals surface area (Å²) in [6, 6.07) is 11.3. The van der Waals surface area contributed by atoms with E-state index in [2.05, 4.69) is 20.9 Å². The number of carboxylic acid groups (broad SMARTS) is 1. The molecule has 0 saturated carbocycles. The van der Waals surface area contributed by atoms with E-state index in [1.54, 1.807) is 12.1 Å². The highest BCUT2D eigenvalue weighted by molar-refractivity contribution is 9.10. The third-order valence-electron chi connectivity index (χ3n) is 2.26. The molecule has 0 fully saturated rings. The van der Waals surface area contributed by atoms with E-state index in [1.165, 1.54) is 0 Å². The first-order valence-corrected chi connectivity index (χ1v) is 5.60. The monoisotopic (exact) mass is 279 g/mol. The summed E-state index contributed by atoms with van der Waals surface area (Å²) in [6.45, 7) is 0. The zero-order valence-electron chi connectivity index (χ0n) is 8.40. The second kappa shape index (κ2) is 4.53. The van der Waals surface area contributed by atoms with E-state index in [-0.39, 0.29) is 5.69 Å². The van der Waals surface area contributed by atoms with Gasteiger partial charge in [0, 0.05) is 16.6 Å². The number of carboxylic acids is 1. The molecule has 2 rings (SSSR count). The van der Waals surface area contributed by atoms with Crippen molar-refractivity contribution in [2.75, 3.05) is 0 Å². The zero-order valence-corrected chi connectivity index (χ0v) is 9.99. The molecule has 0 amide bonds. The second-order valence-corrected chi connectivity index (χ2v) is 4.42. The number of carbonyl (C=O) groups is 1. The summed E-state index contributed by atoms with van der Waals surface area (Å²) in [7, 11) is 0. The molecule has 16 heavy (non-hydrogen) atoms. The SMILES string of the molecule is O=C(O)c1ccc(Cc2cccc(Br)c2)[nH]1. The summed E-state index contributed by atoms with van der Waals surface area (Å²) >= 11 is 3.40. The number of aromatic amines is 1. The summed E-state index contributed by atoms with van der Waals surface area (Å²) in [5.74, 6) is -0.930. The third kappa shape index (κ3) is 2.52. The predicted molar refractivity (Wildman–Crippen MR) is 64.7 cm³/mol. The van der Waals surface area contributed by atoms with Crippen LogP contribution in [0.2, 0.25) is 0 Å². The number of nitrogens with one attached hydrogen (secondary N) is 1. The van der Waals surface area contributed by atoms with E-state index in [0.717, 1.165) is 15.7 Å². The Bertz CT molecular complexity index is 519. The summed E-state index contributed by atoms with van der Waals surface area (Å²) < 4.78 is 1.02. The van der Waals surface area contributed by atoms with Crippen LogP contribution in [-0.2, 0) is 6.42 Å². The lowest BCUT2D eigenvalue weighted by Crippen LogP contribution is -1.97. The van der Waals surface area contributed by atoms with Crippen LogP contribution in [-0.4, -0.2) is 16.1 Å². The van der Waals surface area contributed by atoms with Gasteiger partial charge in [-0.25, -0.2) is 4.79 Å². The van der Waals surface area contributed by atoms with Crippen molar-refractivity contribution in [1.82, 2.24) is 4.98 Å². The molecule has 0 spiro atoms. The second-order valence-electron chi connectivity index (χ2n) is 3.51. The highest BCUT2D eigenvalue weighted by atomic mass is 79.9. The van der Waals surface area contributed by atoms with Gasteiger partial charge in [-0.05, 0) is 29.8 Å². The first-order valence-electron chi connectivity index (χ1n) is 4.81. The number of halogens is 1. The molecule has 0 bridgehead atoms. The van der Waals surface area contributed by atoms with Gasteiger partial charge in [0.25, 0.3) is 0 Å². The van der Waals surface area contributed by atoms with E-state index in [4.69, 9.17) is 5.11 Å². The van der Waals surface area contributed by atoms with Crippen molar-refractivity contribution in [3.05, 3.63) is 57.8 Å². The molecule has 82 valence electrons. The molecule has 2 aromatic rings. The Morgan fingerprint density at radius 2 is 2.12 bits per heavy atom. The van der Waals surface area contributed by atoms with Crippen LogP contribution < -0.4 is 0 Å². The molecule has 1 aromatic heterocycles. The number of hydrogen-bond acceptors (Lipinski definition) is 1. The average molecular weight is 280 g/mol.